The second-order valence-corrected chi connectivity index (χ2v) is 14.6. The first-order valence-electron chi connectivity index (χ1n) is 16.6. The maximum Gasteiger partial charge on any atom is 0.0640 e. The molecular formula is C46H29NS2. The second-order valence-electron chi connectivity index (χ2n) is 12.5. The third-order valence-corrected chi connectivity index (χ3v) is 12.0. The first kappa shape index (κ1) is 28.3. The zero-order valence-corrected chi connectivity index (χ0v) is 28.1. The van der Waals surface area contributed by atoms with Crippen LogP contribution in [0.15, 0.2) is 176 Å². The molecule has 0 aliphatic rings. The van der Waals surface area contributed by atoms with E-state index in [1.807, 2.05) is 22.7 Å². The van der Waals surface area contributed by atoms with E-state index in [0.717, 1.165) is 5.69 Å². The molecule has 0 amide bonds. The maximum atomic E-state index is 2.48. The predicted molar refractivity (Wildman–Crippen MR) is 215 cm³/mol. The molecule has 2 heterocycles. The fourth-order valence-corrected chi connectivity index (χ4v) is 9.74. The molecule has 0 saturated heterocycles. The molecule has 0 unspecified atom stereocenters. The summed E-state index contributed by atoms with van der Waals surface area (Å²) in [6.07, 6.45) is 0. The van der Waals surface area contributed by atoms with Crippen LogP contribution < -0.4 is 4.90 Å². The summed E-state index contributed by atoms with van der Waals surface area (Å²) in [5.74, 6) is 0. The Balaban J connectivity index is 1.15. The van der Waals surface area contributed by atoms with E-state index in [9.17, 15) is 0 Å². The summed E-state index contributed by atoms with van der Waals surface area (Å²) in [5.41, 5.74) is 8.44. The van der Waals surface area contributed by atoms with E-state index in [2.05, 4.69) is 181 Å². The average molecular weight is 660 g/mol. The van der Waals surface area contributed by atoms with Gasteiger partial charge in [0.1, 0.15) is 0 Å². The number of nitrogens with zero attached hydrogens (tertiary/aromatic N) is 1. The Hall–Kier alpha value is -5.74. The van der Waals surface area contributed by atoms with Gasteiger partial charge in [-0.1, -0.05) is 127 Å². The molecule has 3 heteroatoms. The monoisotopic (exact) mass is 659 g/mol. The van der Waals surface area contributed by atoms with Gasteiger partial charge >= 0.3 is 0 Å². The quantitative estimate of drug-likeness (QED) is 0.178. The number of anilines is 3. The van der Waals surface area contributed by atoms with Crippen LogP contribution in [0, 0.1) is 0 Å². The van der Waals surface area contributed by atoms with Gasteiger partial charge < -0.3 is 4.90 Å². The van der Waals surface area contributed by atoms with E-state index in [1.165, 1.54) is 84.7 Å². The molecule has 1 nitrogen and oxygen atoms in total. The molecule has 0 aliphatic heterocycles. The van der Waals surface area contributed by atoms with Crippen LogP contribution >= 0.6 is 22.7 Å². The molecular weight excluding hydrogens is 631 g/mol. The highest BCUT2D eigenvalue weighted by Gasteiger charge is 2.21. The molecule has 0 N–H and O–H groups in total. The molecule has 0 spiro atoms. The lowest BCUT2D eigenvalue weighted by molar-refractivity contribution is 1.32. The zero-order chi connectivity index (χ0) is 32.3. The van der Waals surface area contributed by atoms with Gasteiger partial charge in [0, 0.05) is 41.3 Å². The van der Waals surface area contributed by atoms with E-state index < -0.39 is 0 Å². The van der Waals surface area contributed by atoms with Crippen molar-refractivity contribution in [2.75, 3.05) is 4.90 Å². The van der Waals surface area contributed by atoms with Crippen LogP contribution in [0.25, 0.3) is 73.4 Å². The minimum absolute atomic E-state index is 1.14. The van der Waals surface area contributed by atoms with E-state index in [4.69, 9.17) is 0 Å². The lowest BCUT2D eigenvalue weighted by Gasteiger charge is -2.27. The minimum atomic E-state index is 1.14. The molecule has 0 fully saturated rings. The van der Waals surface area contributed by atoms with Crippen LogP contribution in [-0.2, 0) is 0 Å². The van der Waals surface area contributed by atoms with Crippen molar-refractivity contribution in [1.82, 2.24) is 0 Å². The van der Waals surface area contributed by atoms with E-state index in [1.54, 1.807) is 0 Å². The number of hydrogen-bond acceptors (Lipinski definition) is 3. The number of thiophene rings is 2. The number of rotatable bonds is 5. The van der Waals surface area contributed by atoms with Gasteiger partial charge in [0.15, 0.2) is 0 Å². The van der Waals surface area contributed by atoms with Crippen molar-refractivity contribution in [3.05, 3.63) is 176 Å². The van der Waals surface area contributed by atoms with Crippen LogP contribution in [0.1, 0.15) is 0 Å². The third-order valence-electron chi connectivity index (χ3n) is 9.67. The van der Waals surface area contributed by atoms with Gasteiger partial charge in [0.2, 0.25) is 0 Å². The van der Waals surface area contributed by atoms with Gasteiger partial charge in [-0.15, -0.1) is 22.7 Å². The van der Waals surface area contributed by atoms with Gasteiger partial charge in [0.05, 0.1) is 16.1 Å². The summed E-state index contributed by atoms with van der Waals surface area (Å²) in [6, 6.07) is 64.4. The minimum Gasteiger partial charge on any atom is -0.308 e. The lowest BCUT2D eigenvalue weighted by atomic mass is 9.95. The Morgan fingerprint density at radius 1 is 0.367 bits per heavy atom. The smallest absolute Gasteiger partial charge is 0.0640 e. The Bertz CT molecular complexity index is 2830. The lowest BCUT2D eigenvalue weighted by Crippen LogP contribution is -2.10. The molecule has 0 bridgehead atoms. The van der Waals surface area contributed by atoms with E-state index >= 15 is 0 Å². The van der Waals surface area contributed by atoms with Crippen LogP contribution in [0.4, 0.5) is 17.1 Å². The molecule has 49 heavy (non-hydrogen) atoms. The Morgan fingerprint density at radius 2 is 0.980 bits per heavy atom. The van der Waals surface area contributed by atoms with Gasteiger partial charge in [-0.05, 0) is 81.6 Å². The predicted octanol–water partition coefficient (Wildman–Crippen LogP) is 14.4. The normalized spacial score (nSPS) is 11.7. The first-order chi connectivity index (χ1) is 24.3. The molecule has 0 atom stereocenters. The molecule has 0 radical (unpaired) electrons. The number of hydrogen-bond donors (Lipinski definition) is 0. The Kier molecular flexibility index (Phi) is 6.61. The highest BCUT2D eigenvalue weighted by molar-refractivity contribution is 7.26. The summed E-state index contributed by atoms with van der Waals surface area (Å²) < 4.78 is 5.22. The van der Waals surface area contributed by atoms with Crippen LogP contribution in [0.2, 0.25) is 0 Å². The average Bonchev–Trinajstić information content (AvgIpc) is 3.75. The van der Waals surface area contributed by atoms with Gasteiger partial charge in [0.25, 0.3) is 0 Å². The number of benzene rings is 8. The molecule has 8 aromatic carbocycles. The molecule has 10 aromatic rings. The van der Waals surface area contributed by atoms with Crippen molar-refractivity contribution in [1.29, 1.82) is 0 Å². The van der Waals surface area contributed by atoms with Gasteiger partial charge in [-0.2, -0.15) is 0 Å². The molecule has 0 saturated carbocycles. The van der Waals surface area contributed by atoms with E-state index in [0.29, 0.717) is 0 Å². The molecule has 2 aromatic heterocycles. The van der Waals surface area contributed by atoms with Crippen molar-refractivity contribution in [2.45, 2.75) is 0 Å². The maximum absolute atomic E-state index is 2.48. The first-order valence-corrected chi connectivity index (χ1v) is 18.2. The Labute approximate surface area is 292 Å². The van der Waals surface area contributed by atoms with Crippen molar-refractivity contribution in [3.8, 4) is 22.3 Å². The SMILES string of the molecule is c1cc(-c2ccc(N(c3cccc4c3sc3ccccc34)c3cccc4sc5ccccc5c34)cc2)cc(-c2cccc3ccccc23)c1. The Morgan fingerprint density at radius 3 is 1.86 bits per heavy atom. The zero-order valence-electron chi connectivity index (χ0n) is 26.5. The molecule has 10 rings (SSSR count). The summed E-state index contributed by atoms with van der Waals surface area (Å²) in [5, 5.41) is 7.74. The summed E-state index contributed by atoms with van der Waals surface area (Å²) >= 11 is 3.74. The van der Waals surface area contributed by atoms with Crippen LogP contribution in [0.3, 0.4) is 0 Å². The van der Waals surface area contributed by atoms with Crippen molar-refractivity contribution in [3.63, 3.8) is 0 Å². The molecule has 230 valence electrons. The topological polar surface area (TPSA) is 3.24 Å². The van der Waals surface area contributed by atoms with Crippen LogP contribution in [0.5, 0.6) is 0 Å². The fraction of sp³-hybridized carbons (Fsp3) is 0. The third kappa shape index (κ3) is 4.66. The highest BCUT2D eigenvalue weighted by atomic mass is 32.1. The van der Waals surface area contributed by atoms with Crippen LogP contribution in [-0.4, -0.2) is 0 Å². The van der Waals surface area contributed by atoms with Crippen molar-refractivity contribution in [2.24, 2.45) is 0 Å². The summed E-state index contributed by atoms with van der Waals surface area (Å²) in [6.45, 7) is 0. The number of fused-ring (bicyclic) bond motifs is 7. The second kappa shape index (κ2) is 11.5. The summed E-state index contributed by atoms with van der Waals surface area (Å²) in [7, 11) is 0. The van der Waals surface area contributed by atoms with Gasteiger partial charge in [-0.3, -0.25) is 0 Å². The van der Waals surface area contributed by atoms with E-state index in [-0.39, 0.29) is 0 Å². The van der Waals surface area contributed by atoms with Crippen molar-refractivity contribution < 1.29 is 0 Å². The highest BCUT2D eigenvalue weighted by Crippen LogP contribution is 2.49. The van der Waals surface area contributed by atoms with Crippen molar-refractivity contribution >= 4 is 90.9 Å². The fourth-order valence-electron chi connectivity index (χ4n) is 7.40. The van der Waals surface area contributed by atoms with Gasteiger partial charge in [-0.25, -0.2) is 0 Å². The summed E-state index contributed by atoms with van der Waals surface area (Å²) in [4.78, 5) is 2.48. The largest absolute Gasteiger partial charge is 0.308 e. The standard InChI is InChI=1S/C46H29NS2/c1-2-15-35-31(11-1)12-8-18-36(35)33-14-7-13-32(29-33)30-25-27-34(28-26-30)47(40-20-10-24-44-45(40)39-17-4-6-23-43(39)48-44)41-21-9-19-38-37-16-3-5-22-42(37)49-46(38)41/h1-29H. The molecule has 0 aliphatic carbocycles.